The Hall–Kier alpha value is -3.60. The minimum atomic E-state index is -0.106. The molecule has 0 heterocycles. The molecule has 5 nitrogen and oxygen atoms in total. The molecule has 0 saturated heterocycles. The summed E-state index contributed by atoms with van der Waals surface area (Å²) < 4.78 is 0. The number of aryl methyl sites for hydroxylation is 3. The third kappa shape index (κ3) is 6.21. The highest BCUT2D eigenvalue weighted by Crippen LogP contribution is 2.19. The summed E-state index contributed by atoms with van der Waals surface area (Å²) in [5, 5.41) is 8.96. The summed E-state index contributed by atoms with van der Waals surface area (Å²) in [6.45, 7) is 4.11. The van der Waals surface area contributed by atoms with Crippen molar-refractivity contribution in [3.05, 3.63) is 89.5 Å². The van der Waals surface area contributed by atoms with Gasteiger partial charge in [-0.05, 0) is 61.2 Å². The van der Waals surface area contributed by atoms with Gasteiger partial charge in [0.15, 0.2) is 0 Å². The molecule has 0 fully saturated rings. The van der Waals surface area contributed by atoms with Gasteiger partial charge < -0.3 is 16.0 Å². The van der Waals surface area contributed by atoms with Crippen molar-refractivity contribution in [3.8, 4) is 0 Å². The van der Waals surface area contributed by atoms with Gasteiger partial charge in [-0.1, -0.05) is 48.5 Å². The van der Waals surface area contributed by atoms with Crippen LogP contribution in [-0.4, -0.2) is 18.4 Å². The molecule has 30 heavy (non-hydrogen) atoms. The van der Waals surface area contributed by atoms with Crippen LogP contribution in [0.3, 0.4) is 0 Å². The van der Waals surface area contributed by atoms with Crippen molar-refractivity contribution in [3.63, 3.8) is 0 Å². The molecule has 0 bridgehead atoms. The van der Waals surface area contributed by atoms with Crippen LogP contribution in [0.2, 0.25) is 0 Å². The third-order valence-electron chi connectivity index (χ3n) is 4.85. The molecule has 0 unspecified atom stereocenters. The van der Waals surface area contributed by atoms with Crippen molar-refractivity contribution in [2.75, 3.05) is 22.5 Å². The van der Waals surface area contributed by atoms with Crippen LogP contribution in [0.15, 0.2) is 72.8 Å². The van der Waals surface area contributed by atoms with Crippen molar-refractivity contribution in [1.82, 2.24) is 0 Å². The summed E-state index contributed by atoms with van der Waals surface area (Å²) in [6.07, 6.45) is 1.14. The quantitative estimate of drug-likeness (QED) is 0.501. The van der Waals surface area contributed by atoms with E-state index in [9.17, 15) is 9.59 Å². The average Bonchev–Trinajstić information content (AvgIpc) is 2.75. The molecular weight excluding hydrogens is 374 g/mol. The second kappa shape index (κ2) is 10.3. The minimum absolute atomic E-state index is 0.0208. The molecule has 2 amide bonds. The molecule has 3 N–H and O–H groups in total. The second-order valence-corrected chi connectivity index (χ2v) is 7.28. The van der Waals surface area contributed by atoms with Gasteiger partial charge in [0.2, 0.25) is 11.8 Å². The number of carbonyl (C=O) groups is 2. The molecule has 154 valence electrons. The van der Waals surface area contributed by atoms with Crippen LogP contribution in [0.25, 0.3) is 0 Å². The molecule has 0 radical (unpaired) electrons. The van der Waals surface area contributed by atoms with E-state index in [2.05, 4.69) is 16.0 Å². The zero-order valence-electron chi connectivity index (χ0n) is 17.4. The van der Waals surface area contributed by atoms with E-state index >= 15 is 0 Å². The van der Waals surface area contributed by atoms with Crippen LogP contribution in [0.4, 0.5) is 17.1 Å². The van der Waals surface area contributed by atoms with E-state index in [1.54, 1.807) is 0 Å². The molecule has 0 aliphatic carbocycles. The fourth-order valence-corrected chi connectivity index (χ4v) is 3.18. The van der Waals surface area contributed by atoms with E-state index in [1.807, 2.05) is 86.6 Å². The number of para-hydroxylation sites is 1. The summed E-state index contributed by atoms with van der Waals surface area (Å²) in [5.74, 6) is -0.127. The Morgan fingerprint density at radius 2 is 1.33 bits per heavy atom. The minimum Gasteiger partial charge on any atom is -0.376 e. The Balaban J connectivity index is 1.45. The Labute approximate surface area is 177 Å². The lowest BCUT2D eigenvalue weighted by Gasteiger charge is -2.12. The highest BCUT2D eigenvalue weighted by atomic mass is 16.2. The highest BCUT2D eigenvalue weighted by molar-refractivity contribution is 5.95. The fraction of sp³-hybridized carbons (Fsp3) is 0.200. The monoisotopic (exact) mass is 401 g/mol. The molecule has 3 aromatic rings. The number of amides is 2. The van der Waals surface area contributed by atoms with Crippen LogP contribution in [-0.2, 0) is 16.0 Å². The number of hydrogen-bond donors (Lipinski definition) is 3. The fourth-order valence-electron chi connectivity index (χ4n) is 3.18. The predicted octanol–water partition coefficient (Wildman–Crippen LogP) is 4.93. The zero-order chi connectivity index (χ0) is 21.3. The average molecular weight is 402 g/mol. The smallest absolute Gasteiger partial charge is 0.243 e. The number of benzene rings is 3. The molecule has 0 aliphatic heterocycles. The molecule has 0 aromatic heterocycles. The first-order valence-corrected chi connectivity index (χ1v) is 10.0. The van der Waals surface area contributed by atoms with E-state index in [0.29, 0.717) is 12.8 Å². The lowest BCUT2D eigenvalue weighted by atomic mass is 10.1. The molecule has 3 aromatic carbocycles. The lowest BCUT2D eigenvalue weighted by Crippen LogP contribution is -2.22. The van der Waals surface area contributed by atoms with Gasteiger partial charge in [-0.25, -0.2) is 0 Å². The van der Waals surface area contributed by atoms with Crippen LogP contribution in [0, 0.1) is 13.8 Å². The van der Waals surface area contributed by atoms with Gasteiger partial charge in [0.25, 0.3) is 0 Å². The maximum Gasteiger partial charge on any atom is 0.243 e. The third-order valence-corrected chi connectivity index (χ3v) is 4.85. The van der Waals surface area contributed by atoms with E-state index in [4.69, 9.17) is 0 Å². The highest BCUT2D eigenvalue weighted by Gasteiger charge is 2.07. The van der Waals surface area contributed by atoms with Crippen LogP contribution < -0.4 is 16.0 Å². The Morgan fingerprint density at radius 1 is 0.700 bits per heavy atom. The van der Waals surface area contributed by atoms with Crippen molar-refractivity contribution in [2.24, 2.45) is 0 Å². The second-order valence-electron chi connectivity index (χ2n) is 7.28. The van der Waals surface area contributed by atoms with Gasteiger partial charge in [-0.15, -0.1) is 0 Å². The maximum atomic E-state index is 12.3. The molecular formula is C25H27N3O2. The largest absolute Gasteiger partial charge is 0.376 e. The van der Waals surface area contributed by atoms with Crippen LogP contribution >= 0.6 is 0 Å². The van der Waals surface area contributed by atoms with Gasteiger partial charge >= 0.3 is 0 Å². The molecule has 0 saturated carbocycles. The summed E-state index contributed by atoms with van der Waals surface area (Å²) in [7, 11) is 0. The van der Waals surface area contributed by atoms with Crippen molar-refractivity contribution < 1.29 is 9.59 Å². The predicted molar refractivity (Wildman–Crippen MR) is 123 cm³/mol. The standard InChI is InChI=1S/C25H27N3O2/c1-18-7-6-8-19(2)25(18)28-24(30)17-26-21-12-14-22(15-13-21)27-23(29)16-11-20-9-4-3-5-10-20/h3-10,12-15,26H,11,16-17H2,1-2H3,(H,27,29)(H,28,30). The SMILES string of the molecule is Cc1cccc(C)c1NC(=O)CNc1ccc(NC(=O)CCc2ccccc2)cc1. The van der Waals surface area contributed by atoms with Crippen molar-refractivity contribution >= 4 is 28.9 Å². The van der Waals surface area contributed by atoms with Gasteiger partial charge in [0.1, 0.15) is 0 Å². The van der Waals surface area contributed by atoms with Gasteiger partial charge in [-0.2, -0.15) is 0 Å². The van der Waals surface area contributed by atoms with Crippen molar-refractivity contribution in [1.29, 1.82) is 0 Å². The molecule has 0 aliphatic rings. The van der Waals surface area contributed by atoms with E-state index in [1.165, 1.54) is 0 Å². The molecule has 5 heteroatoms. The zero-order valence-corrected chi connectivity index (χ0v) is 17.4. The maximum absolute atomic E-state index is 12.3. The van der Waals surface area contributed by atoms with Gasteiger partial charge in [0, 0.05) is 23.5 Å². The Kier molecular flexibility index (Phi) is 7.22. The number of hydrogen-bond acceptors (Lipinski definition) is 3. The summed E-state index contributed by atoms with van der Waals surface area (Å²) >= 11 is 0. The lowest BCUT2D eigenvalue weighted by molar-refractivity contribution is -0.116. The van der Waals surface area contributed by atoms with Crippen LogP contribution in [0.1, 0.15) is 23.1 Å². The number of nitrogens with one attached hydrogen (secondary N) is 3. The van der Waals surface area contributed by atoms with E-state index < -0.39 is 0 Å². The first-order valence-electron chi connectivity index (χ1n) is 10.0. The molecule has 0 atom stereocenters. The summed E-state index contributed by atoms with van der Waals surface area (Å²) in [5.41, 5.74) is 5.63. The Bertz CT molecular complexity index is 978. The normalized spacial score (nSPS) is 10.3. The Morgan fingerprint density at radius 3 is 2.00 bits per heavy atom. The first-order chi connectivity index (χ1) is 14.5. The topological polar surface area (TPSA) is 70.2 Å². The van der Waals surface area contributed by atoms with Crippen LogP contribution in [0.5, 0.6) is 0 Å². The summed E-state index contributed by atoms with van der Waals surface area (Å²) in [6, 6.07) is 23.2. The first kappa shape index (κ1) is 21.1. The summed E-state index contributed by atoms with van der Waals surface area (Å²) in [4.78, 5) is 24.4. The molecule has 3 rings (SSSR count). The van der Waals surface area contributed by atoms with Gasteiger partial charge in [-0.3, -0.25) is 9.59 Å². The number of anilines is 3. The van der Waals surface area contributed by atoms with E-state index in [-0.39, 0.29) is 18.4 Å². The number of rotatable bonds is 8. The number of carbonyl (C=O) groups excluding carboxylic acids is 2. The molecule has 0 spiro atoms. The van der Waals surface area contributed by atoms with Crippen molar-refractivity contribution in [2.45, 2.75) is 26.7 Å². The van der Waals surface area contributed by atoms with E-state index in [0.717, 1.165) is 33.8 Å². The van der Waals surface area contributed by atoms with Gasteiger partial charge in [0.05, 0.1) is 6.54 Å².